The molecule has 0 amide bonds. The molecule has 3 nitrogen and oxygen atoms in total. The Kier molecular flexibility index (Phi) is 2.18. The van der Waals surface area contributed by atoms with Crippen molar-refractivity contribution in [2.24, 2.45) is 7.05 Å². The number of allylic oxidation sites excluding steroid dienone is 4. The maximum absolute atomic E-state index is 11.9. The highest BCUT2D eigenvalue weighted by Gasteiger charge is 2.12. The number of nitrogens with zero attached hydrogens (tertiary/aromatic N) is 2. The van der Waals surface area contributed by atoms with E-state index in [-0.39, 0.29) is 5.56 Å². The molecule has 84 valence electrons. The molecule has 2 heterocycles. The van der Waals surface area contributed by atoms with Crippen LogP contribution in [0.25, 0.3) is 16.7 Å². The second kappa shape index (κ2) is 3.70. The predicted octanol–water partition coefficient (Wildman–Crippen LogP) is 2.23. The molecule has 0 spiro atoms. The lowest BCUT2D eigenvalue weighted by molar-refractivity contribution is 0.901. The minimum atomic E-state index is -0.151. The summed E-state index contributed by atoms with van der Waals surface area (Å²) >= 11 is 0. The first-order chi connectivity index (χ1) is 8.24. The van der Waals surface area contributed by atoms with Gasteiger partial charge in [-0.25, -0.2) is 4.98 Å². The third kappa shape index (κ3) is 1.69. The topological polar surface area (TPSA) is 34.9 Å². The van der Waals surface area contributed by atoms with Gasteiger partial charge < -0.3 is 4.57 Å². The van der Waals surface area contributed by atoms with Crippen LogP contribution in [0.2, 0.25) is 0 Å². The van der Waals surface area contributed by atoms with Crippen molar-refractivity contribution in [1.82, 2.24) is 9.55 Å². The van der Waals surface area contributed by atoms with Crippen molar-refractivity contribution in [3.05, 3.63) is 58.8 Å². The zero-order valence-electron chi connectivity index (χ0n) is 9.55. The minimum Gasteiger partial charge on any atom is -0.356 e. The van der Waals surface area contributed by atoms with E-state index in [1.54, 1.807) is 0 Å². The smallest absolute Gasteiger partial charge is 0.279 e. The molecule has 0 aromatic rings. The van der Waals surface area contributed by atoms with Crippen molar-refractivity contribution >= 4 is 5.57 Å². The molecule has 0 radical (unpaired) electrons. The van der Waals surface area contributed by atoms with E-state index in [1.807, 2.05) is 48.3 Å². The van der Waals surface area contributed by atoms with Gasteiger partial charge in [-0.15, -0.1) is 0 Å². The van der Waals surface area contributed by atoms with Crippen LogP contribution in [0.1, 0.15) is 12.1 Å². The van der Waals surface area contributed by atoms with Gasteiger partial charge in [-0.3, -0.25) is 4.79 Å². The van der Waals surface area contributed by atoms with Crippen molar-refractivity contribution in [3.8, 4) is 11.1 Å². The van der Waals surface area contributed by atoms with Crippen molar-refractivity contribution in [1.29, 1.82) is 0 Å². The highest BCUT2D eigenvalue weighted by atomic mass is 16.1. The average molecular weight is 224 g/mol. The molecule has 0 aromatic heterocycles. The Bertz CT molecular complexity index is 664. The van der Waals surface area contributed by atoms with Gasteiger partial charge in [-0.1, -0.05) is 18.2 Å². The highest BCUT2D eigenvalue weighted by Crippen LogP contribution is 2.25. The number of hydrogen-bond donors (Lipinski definition) is 0. The monoisotopic (exact) mass is 224 g/mol. The summed E-state index contributed by atoms with van der Waals surface area (Å²) in [5.41, 5.74) is 3.37. The number of aryl methyl sites for hydroxylation is 1. The zero-order valence-corrected chi connectivity index (χ0v) is 9.55. The van der Waals surface area contributed by atoms with Crippen LogP contribution in [0.4, 0.5) is 0 Å². The summed E-state index contributed by atoms with van der Waals surface area (Å²) in [6.45, 7) is 0. The molecule has 0 unspecified atom stereocenters. The minimum absolute atomic E-state index is 0.151. The number of hydrogen-bond acceptors (Lipinski definition) is 2. The number of rotatable bonds is 1. The van der Waals surface area contributed by atoms with E-state index < -0.39 is 0 Å². The van der Waals surface area contributed by atoms with Crippen LogP contribution >= 0.6 is 0 Å². The van der Waals surface area contributed by atoms with Gasteiger partial charge in [0.15, 0.2) is 0 Å². The van der Waals surface area contributed by atoms with Crippen LogP contribution in [-0.4, -0.2) is 9.55 Å². The van der Waals surface area contributed by atoms with Crippen molar-refractivity contribution in [2.75, 3.05) is 0 Å². The van der Waals surface area contributed by atoms with Gasteiger partial charge in [0.2, 0.25) is 0 Å². The van der Waals surface area contributed by atoms with E-state index in [2.05, 4.69) is 11.1 Å². The normalized spacial score (nSPS) is 14.3. The van der Waals surface area contributed by atoms with Crippen LogP contribution in [0.3, 0.4) is 0 Å². The largest absolute Gasteiger partial charge is 0.356 e. The highest BCUT2D eigenvalue weighted by molar-refractivity contribution is 5.73. The first kappa shape index (κ1) is 10.0. The molecule has 1 aliphatic carbocycles. The van der Waals surface area contributed by atoms with Crippen LogP contribution in [0.5, 0.6) is 0 Å². The van der Waals surface area contributed by atoms with Crippen molar-refractivity contribution in [2.45, 2.75) is 6.42 Å². The summed E-state index contributed by atoms with van der Waals surface area (Å²) in [4.78, 5) is 16.1. The van der Waals surface area contributed by atoms with Crippen LogP contribution in [-0.2, 0) is 7.05 Å². The Labute approximate surface area is 99.1 Å². The second-order valence-corrected chi connectivity index (χ2v) is 4.25. The maximum Gasteiger partial charge on any atom is 0.279 e. The lowest BCUT2D eigenvalue weighted by Crippen LogP contribution is -2.13. The van der Waals surface area contributed by atoms with Gasteiger partial charge >= 0.3 is 0 Å². The quantitative estimate of drug-likeness (QED) is 0.744. The summed E-state index contributed by atoms with van der Waals surface area (Å²) in [5.74, 6) is 0. The van der Waals surface area contributed by atoms with Gasteiger partial charge in [0, 0.05) is 19.4 Å². The fourth-order valence-electron chi connectivity index (χ4n) is 2.06. The molecule has 0 N–H and O–H groups in total. The molecule has 0 saturated carbocycles. The Hall–Kier alpha value is -2.16. The third-order valence-corrected chi connectivity index (χ3v) is 2.98. The van der Waals surface area contributed by atoms with E-state index in [0.717, 1.165) is 23.3 Å². The molecule has 17 heavy (non-hydrogen) atoms. The summed E-state index contributed by atoms with van der Waals surface area (Å²) < 4.78 is 1.86. The first-order valence-corrected chi connectivity index (χ1v) is 5.57. The van der Waals surface area contributed by atoms with Crippen molar-refractivity contribution in [3.63, 3.8) is 0 Å². The van der Waals surface area contributed by atoms with Crippen LogP contribution in [0, 0.1) is 0 Å². The molecule has 0 saturated heterocycles. The Morgan fingerprint density at radius 2 is 2.29 bits per heavy atom. The van der Waals surface area contributed by atoms with Gasteiger partial charge in [0.05, 0.1) is 11.3 Å². The fraction of sp³-hybridized carbons (Fsp3) is 0.143. The molecule has 3 rings (SSSR count). The van der Waals surface area contributed by atoms with E-state index >= 15 is 0 Å². The molecule has 0 atom stereocenters. The Morgan fingerprint density at radius 1 is 1.41 bits per heavy atom. The number of aromatic nitrogens is 2. The molecular formula is C14H12N2O. The van der Waals surface area contributed by atoms with Gasteiger partial charge in [0.25, 0.3) is 5.56 Å². The zero-order chi connectivity index (χ0) is 11.8. The summed E-state index contributed by atoms with van der Waals surface area (Å²) in [6.07, 6.45) is 10.7. The lowest BCUT2D eigenvalue weighted by atomic mass is 10.0. The van der Waals surface area contributed by atoms with Gasteiger partial charge in [-0.05, 0) is 29.7 Å². The molecule has 3 aliphatic rings. The van der Waals surface area contributed by atoms with Gasteiger partial charge in [-0.2, -0.15) is 0 Å². The first-order valence-electron chi connectivity index (χ1n) is 5.57. The van der Waals surface area contributed by atoms with E-state index in [0.29, 0.717) is 5.56 Å². The predicted molar refractivity (Wildman–Crippen MR) is 67.8 cm³/mol. The van der Waals surface area contributed by atoms with Crippen LogP contribution < -0.4 is 5.56 Å². The third-order valence-electron chi connectivity index (χ3n) is 2.98. The van der Waals surface area contributed by atoms with E-state index in [1.165, 1.54) is 0 Å². The average Bonchev–Trinajstić information content (AvgIpc) is 2.83. The van der Waals surface area contributed by atoms with Crippen LogP contribution in [0.15, 0.2) is 47.5 Å². The SMILES string of the molecule is Cn1ccc2cc(C3=CC=CC3)nc(=O)c-2c1. The molecule has 2 aliphatic heterocycles. The number of fused-ring (bicyclic) bond motifs is 1. The summed E-state index contributed by atoms with van der Waals surface area (Å²) in [5, 5.41) is 0. The Balaban J connectivity index is 2.22. The van der Waals surface area contributed by atoms with E-state index in [9.17, 15) is 4.79 Å². The Morgan fingerprint density at radius 3 is 3.06 bits per heavy atom. The molecular weight excluding hydrogens is 212 g/mol. The fourth-order valence-corrected chi connectivity index (χ4v) is 2.06. The molecule has 0 bridgehead atoms. The number of pyridine rings is 2. The van der Waals surface area contributed by atoms with E-state index in [4.69, 9.17) is 0 Å². The summed E-state index contributed by atoms with van der Waals surface area (Å²) in [7, 11) is 1.90. The standard InChI is InChI=1S/C14H12N2O/c1-16-7-6-11-8-13(10-4-2-3-5-10)15-14(17)12(11)9-16/h2-4,6-9H,5H2,1H3. The van der Waals surface area contributed by atoms with Gasteiger partial charge in [0.1, 0.15) is 0 Å². The lowest BCUT2D eigenvalue weighted by Gasteiger charge is -2.09. The maximum atomic E-state index is 11.9. The molecule has 3 heteroatoms. The molecule has 0 aromatic carbocycles. The second-order valence-electron chi connectivity index (χ2n) is 4.25. The summed E-state index contributed by atoms with van der Waals surface area (Å²) in [6, 6.07) is 3.93. The van der Waals surface area contributed by atoms with Crippen molar-refractivity contribution < 1.29 is 0 Å². The molecule has 0 fully saturated rings.